The van der Waals surface area contributed by atoms with E-state index in [4.69, 9.17) is 9.47 Å². The molecule has 0 atom stereocenters. The molecule has 2 rings (SSSR count). The molecule has 2 aromatic rings. The second kappa shape index (κ2) is 7.09. The topological polar surface area (TPSA) is 43.4 Å². The molecule has 1 heterocycles. The molecule has 0 saturated heterocycles. The van der Waals surface area contributed by atoms with Crippen LogP contribution in [-0.2, 0) is 17.9 Å². The highest BCUT2D eigenvalue weighted by Crippen LogP contribution is 2.25. The molecule has 0 spiro atoms. The van der Waals surface area contributed by atoms with Gasteiger partial charge in [-0.1, -0.05) is 18.2 Å². The van der Waals surface area contributed by atoms with E-state index in [1.807, 2.05) is 32.2 Å². The molecule has 1 N–H and O–H groups in total. The molecule has 1 aromatic heterocycles. The lowest BCUT2D eigenvalue weighted by molar-refractivity contribution is 0.185. The molecule has 0 saturated carbocycles. The first-order chi connectivity index (χ1) is 10.2. The lowest BCUT2D eigenvalue weighted by Gasteiger charge is -2.15. The van der Waals surface area contributed by atoms with Gasteiger partial charge in [0.25, 0.3) is 0 Å². The van der Waals surface area contributed by atoms with Gasteiger partial charge in [-0.25, -0.2) is 0 Å². The molecule has 0 aliphatic heterocycles. The SMILES string of the molecule is COCc1ccccc1NCc1ncc(C)c(OC)c1C. The van der Waals surface area contributed by atoms with Crippen molar-refractivity contribution < 1.29 is 9.47 Å². The van der Waals surface area contributed by atoms with Gasteiger partial charge in [-0.2, -0.15) is 0 Å². The maximum absolute atomic E-state index is 5.44. The van der Waals surface area contributed by atoms with Crippen molar-refractivity contribution >= 4 is 5.69 Å². The Morgan fingerprint density at radius 3 is 2.62 bits per heavy atom. The van der Waals surface area contributed by atoms with E-state index in [1.165, 1.54) is 0 Å². The molecule has 0 unspecified atom stereocenters. The molecular weight excluding hydrogens is 264 g/mol. The molecule has 112 valence electrons. The Bertz CT molecular complexity index is 612. The van der Waals surface area contributed by atoms with Crippen LogP contribution in [0.25, 0.3) is 0 Å². The van der Waals surface area contributed by atoms with Gasteiger partial charge in [0.05, 0.1) is 26.0 Å². The molecule has 0 fully saturated rings. The zero-order valence-corrected chi connectivity index (χ0v) is 13.1. The van der Waals surface area contributed by atoms with Crippen LogP contribution in [-0.4, -0.2) is 19.2 Å². The van der Waals surface area contributed by atoms with Gasteiger partial charge in [0.15, 0.2) is 0 Å². The number of rotatable bonds is 6. The van der Waals surface area contributed by atoms with Crippen molar-refractivity contribution in [2.45, 2.75) is 27.0 Å². The molecule has 0 bridgehead atoms. The third kappa shape index (κ3) is 3.52. The van der Waals surface area contributed by atoms with E-state index < -0.39 is 0 Å². The number of benzene rings is 1. The van der Waals surface area contributed by atoms with E-state index in [0.29, 0.717) is 13.2 Å². The number of hydrogen-bond acceptors (Lipinski definition) is 4. The standard InChI is InChI=1S/C17H22N2O2/c1-12-9-18-16(13(2)17(12)21-4)10-19-15-8-6-5-7-14(15)11-20-3/h5-9,19H,10-11H2,1-4H3. The molecule has 4 heteroatoms. The zero-order valence-electron chi connectivity index (χ0n) is 13.1. The van der Waals surface area contributed by atoms with Crippen molar-refractivity contribution in [2.75, 3.05) is 19.5 Å². The lowest BCUT2D eigenvalue weighted by atomic mass is 10.1. The number of anilines is 1. The van der Waals surface area contributed by atoms with Crippen molar-refractivity contribution in [2.24, 2.45) is 0 Å². The van der Waals surface area contributed by atoms with Crippen LogP contribution in [0.4, 0.5) is 5.69 Å². The highest BCUT2D eigenvalue weighted by atomic mass is 16.5. The number of nitrogens with one attached hydrogen (secondary N) is 1. The smallest absolute Gasteiger partial charge is 0.128 e. The summed E-state index contributed by atoms with van der Waals surface area (Å²) in [6.45, 7) is 5.29. The van der Waals surface area contributed by atoms with Gasteiger partial charge in [0.1, 0.15) is 5.75 Å². The van der Waals surface area contributed by atoms with Gasteiger partial charge in [-0.05, 0) is 19.9 Å². The Balaban J connectivity index is 2.17. The Labute approximate surface area is 126 Å². The first kappa shape index (κ1) is 15.3. The number of hydrogen-bond donors (Lipinski definition) is 1. The number of aryl methyl sites for hydroxylation is 1. The van der Waals surface area contributed by atoms with Crippen LogP contribution in [0.2, 0.25) is 0 Å². The van der Waals surface area contributed by atoms with Gasteiger partial charge in [-0.3, -0.25) is 4.98 Å². The predicted molar refractivity (Wildman–Crippen MR) is 84.7 cm³/mol. The number of methoxy groups -OCH3 is 2. The van der Waals surface area contributed by atoms with Gasteiger partial charge < -0.3 is 14.8 Å². The summed E-state index contributed by atoms with van der Waals surface area (Å²) in [7, 11) is 3.40. The summed E-state index contributed by atoms with van der Waals surface area (Å²) in [6.07, 6.45) is 1.85. The van der Waals surface area contributed by atoms with Crippen LogP contribution in [0.3, 0.4) is 0 Å². The summed E-state index contributed by atoms with van der Waals surface area (Å²) in [6, 6.07) is 8.13. The minimum Gasteiger partial charge on any atom is -0.496 e. The van der Waals surface area contributed by atoms with Crippen molar-refractivity contribution in [1.29, 1.82) is 0 Å². The van der Waals surface area contributed by atoms with Crippen molar-refractivity contribution in [3.05, 3.63) is 52.8 Å². The van der Waals surface area contributed by atoms with Crippen LogP contribution in [0.5, 0.6) is 5.75 Å². The minimum atomic E-state index is 0.590. The summed E-state index contributed by atoms with van der Waals surface area (Å²) < 4.78 is 10.7. The maximum atomic E-state index is 5.44. The molecule has 1 aromatic carbocycles. The van der Waals surface area contributed by atoms with Gasteiger partial charge >= 0.3 is 0 Å². The van der Waals surface area contributed by atoms with Crippen molar-refractivity contribution in [3.8, 4) is 5.75 Å². The Morgan fingerprint density at radius 2 is 1.90 bits per heavy atom. The van der Waals surface area contributed by atoms with Gasteiger partial charge in [0.2, 0.25) is 0 Å². The first-order valence-corrected chi connectivity index (χ1v) is 6.97. The van der Waals surface area contributed by atoms with E-state index in [2.05, 4.69) is 22.4 Å². The second-order valence-electron chi connectivity index (χ2n) is 4.99. The van der Waals surface area contributed by atoms with Crippen molar-refractivity contribution in [3.63, 3.8) is 0 Å². The normalized spacial score (nSPS) is 10.5. The first-order valence-electron chi connectivity index (χ1n) is 6.97. The Hall–Kier alpha value is -2.07. The second-order valence-corrected chi connectivity index (χ2v) is 4.99. The van der Waals surface area contributed by atoms with E-state index in [-0.39, 0.29) is 0 Å². The summed E-state index contributed by atoms with van der Waals surface area (Å²) in [5, 5.41) is 3.43. The summed E-state index contributed by atoms with van der Waals surface area (Å²) >= 11 is 0. The zero-order chi connectivity index (χ0) is 15.2. The fourth-order valence-electron chi connectivity index (χ4n) is 2.40. The molecule has 0 aliphatic rings. The summed E-state index contributed by atoms with van der Waals surface area (Å²) in [5.41, 5.74) is 5.33. The lowest BCUT2D eigenvalue weighted by Crippen LogP contribution is -2.07. The molecular formula is C17H22N2O2. The van der Waals surface area contributed by atoms with Crippen molar-refractivity contribution in [1.82, 2.24) is 4.98 Å². The maximum Gasteiger partial charge on any atom is 0.128 e. The van der Waals surface area contributed by atoms with Crippen LogP contribution >= 0.6 is 0 Å². The van der Waals surface area contributed by atoms with Crippen LogP contribution in [0, 0.1) is 13.8 Å². The third-order valence-electron chi connectivity index (χ3n) is 3.51. The van der Waals surface area contributed by atoms with E-state index in [1.54, 1.807) is 14.2 Å². The Morgan fingerprint density at radius 1 is 1.14 bits per heavy atom. The number of pyridine rings is 1. The largest absolute Gasteiger partial charge is 0.496 e. The molecule has 4 nitrogen and oxygen atoms in total. The molecule has 0 aliphatic carbocycles. The monoisotopic (exact) mass is 286 g/mol. The van der Waals surface area contributed by atoms with Gasteiger partial charge in [-0.15, -0.1) is 0 Å². The van der Waals surface area contributed by atoms with E-state index in [9.17, 15) is 0 Å². The number of aromatic nitrogens is 1. The highest BCUT2D eigenvalue weighted by Gasteiger charge is 2.10. The number of para-hydroxylation sites is 1. The average molecular weight is 286 g/mol. The van der Waals surface area contributed by atoms with Gasteiger partial charge in [0, 0.05) is 35.7 Å². The van der Waals surface area contributed by atoms with E-state index >= 15 is 0 Å². The molecule has 21 heavy (non-hydrogen) atoms. The number of ether oxygens (including phenoxy) is 2. The third-order valence-corrected chi connectivity index (χ3v) is 3.51. The highest BCUT2D eigenvalue weighted by molar-refractivity contribution is 5.51. The molecule has 0 radical (unpaired) electrons. The number of nitrogens with zero attached hydrogens (tertiary/aromatic N) is 1. The van der Waals surface area contributed by atoms with Crippen LogP contribution in [0.15, 0.2) is 30.5 Å². The summed E-state index contributed by atoms with van der Waals surface area (Å²) in [5.74, 6) is 0.909. The fourth-order valence-corrected chi connectivity index (χ4v) is 2.40. The Kier molecular flexibility index (Phi) is 5.17. The van der Waals surface area contributed by atoms with E-state index in [0.717, 1.165) is 33.8 Å². The average Bonchev–Trinajstić information content (AvgIpc) is 2.49. The fraction of sp³-hybridized carbons (Fsp3) is 0.353. The molecule has 0 amide bonds. The van der Waals surface area contributed by atoms with Crippen LogP contribution < -0.4 is 10.1 Å². The predicted octanol–water partition coefficient (Wildman–Crippen LogP) is 3.47. The summed E-state index contributed by atoms with van der Waals surface area (Å²) in [4.78, 5) is 4.50. The quantitative estimate of drug-likeness (QED) is 0.883. The van der Waals surface area contributed by atoms with Crippen LogP contribution in [0.1, 0.15) is 22.4 Å². The minimum absolute atomic E-state index is 0.590.